The Bertz CT molecular complexity index is 1190. The molecule has 1 fully saturated rings. The number of rotatable bonds is 5. The molecule has 162 valence electrons. The maximum atomic E-state index is 12.8. The lowest BCUT2D eigenvalue weighted by molar-refractivity contribution is -0.121. The fourth-order valence-electron chi connectivity index (χ4n) is 4.17. The van der Waals surface area contributed by atoms with Gasteiger partial charge in [-0.05, 0) is 68.4 Å². The summed E-state index contributed by atoms with van der Waals surface area (Å²) in [6.45, 7) is 2.38. The molecule has 2 N–H and O–H groups in total. The number of para-hydroxylation sites is 3. The lowest BCUT2D eigenvalue weighted by atomic mass is 9.95. The van der Waals surface area contributed by atoms with E-state index in [0.29, 0.717) is 18.2 Å². The highest BCUT2D eigenvalue weighted by Crippen LogP contribution is 2.27. The van der Waals surface area contributed by atoms with Gasteiger partial charge in [0.2, 0.25) is 11.8 Å². The number of aromatic hydroxyl groups is 1. The van der Waals surface area contributed by atoms with Gasteiger partial charge in [-0.2, -0.15) is 0 Å². The smallest absolute Gasteiger partial charge is 0.227 e. The number of likely N-dealkylation sites (tertiary alicyclic amines) is 1. The van der Waals surface area contributed by atoms with Gasteiger partial charge in [-0.25, -0.2) is 4.98 Å². The molecule has 0 radical (unpaired) electrons. The number of nitrogens with one attached hydrogen (secondary N) is 1. The predicted molar refractivity (Wildman–Crippen MR) is 124 cm³/mol. The Hall–Kier alpha value is -3.64. The quantitative estimate of drug-likeness (QED) is 0.466. The number of piperidine rings is 1. The van der Waals surface area contributed by atoms with Crippen LogP contribution in [0.3, 0.4) is 0 Å². The first-order chi connectivity index (χ1) is 15.7. The molecule has 3 aromatic carbocycles. The zero-order chi connectivity index (χ0) is 21.9. The molecule has 1 aliphatic rings. The average Bonchev–Trinajstić information content (AvgIpc) is 3.26. The normalized spacial score (nSPS) is 15.1. The summed E-state index contributed by atoms with van der Waals surface area (Å²) in [5.41, 5.74) is 4.15. The molecule has 0 aliphatic carbocycles. The molecule has 4 aromatic rings. The van der Waals surface area contributed by atoms with Crippen molar-refractivity contribution < 1.29 is 14.3 Å². The Morgan fingerprint density at radius 1 is 1.00 bits per heavy atom. The first kappa shape index (κ1) is 20.3. The number of anilines is 1. The molecule has 6 nitrogen and oxygen atoms in total. The van der Waals surface area contributed by atoms with E-state index in [0.717, 1.165) is 53.8 Å². The predicted octanol–water partition coefficient (Wildman–Crippen LogP) is 5.05. The monoisotopic (exact) mass is 427 g/mol. The molecule has 0 unspecified atom stereocenters. The minimum absolute atomic E-state index is 0.00710. The zero-order valence-electron chi connectivity index (χ0n) is 17.7. The number of carbonyl (C=O) groups is 1. The van der Waals surface area contributed by atoms with Crippen LogP contribution >= 0.6 is 0 Å². The third kappa shape index (κ3) is 4.36. The number of phenolic OH excluding ortho intramolecular Hbond substituents is 1. The number of amides is 1. The van der Waals surface area contributed by atoms with Crippen LogP contribution in [-0.4, -0.2) is 34.0 Å². The highest BCUT2D eigenvalue weighted by molar-refractivity contribution is 5.92. The number of phenols is 1. The second-order valence-electron chi connectivity index (χ2n) is 8.23. The standard InChI is InChI=1S/C26H25N3O3/c30-23-7-3-1-5-20(23)17-29-15-13-18(14-16-29)25(31)27-21-11-9-19(10-12-21)26-28-22-6-2-4-8-24(22)32-26/h1-12,18,30H,13-17H2,(H,27,31). The van der Waals surface area contributed by atoms with E-state index in [1.807, 2.05) is 66.7 Å². The first-order valence-corrected chi connectivity index (χ1v) is 10.9. The zero-order valence-corrected chi connectivity index (χ0v) is 17.7. The van der Waals surface area contributed by atoms with E-state index in [1.54, 1.807) is 6.07 Å². The number of hydrogen-bond acceptors (Lipinski definition) is 5. The fourth-order valence-corrected chi connectivity index (χ4v) is 4.17. The number of fused-ring (bicyclic) bond motifs is 1. The number of nitrogens with zero attached hydrogens (tertiary/aromatic N) is 2. The first-order valence-electron chi connectivity index (χ1n) is 10.9. The van der Waals surface area contributed by atoms with Gasteiger partial charge in [0.05, 0.1) is 0 Å². The molecular formula is C26H25N3O3. The van der Waals surface area contributed by atoms with Gasteiger partial charge in [-0.1, -0.05) is 30.3 Å². The maximum Gasteiger partial charge on any atom is 0.227 e. The molecular weight excluding hydrogens is 402 g/mol. The Labute approximate surface area is 186 Å². The van der Waals surface area contributed by atoms with Gasteiger partial charge < -0.3 is 14.8 Å². The van der Waals surface area contributed by atoms with Gasteiger partial charge in [0.15, 0.2) is 5.58 Å². The molecule has 1 aliphatic heterocycles. The Morgan fingerprint density at radius 2 is 1.72 bits per heavy atom. The van der Waals surface area contributed by atoms with Gasteiger partial charge in [0.25, 0.3) is 0 Å². The van der Waals surface area contributed by atoms with Crippen LogP contribution in [0.2, 0.25) is 0 Å². The van der Waals surface area contributed by atoms with E-state index in [2.05, 4.69) is 15.2 Å². The van der Waals surface area contributed by atoms with Crippen LogP contribution in [0.25, 0.3) is 22.6 Å². The summed E-state index contributed by atoms with van der Waals surface area (Å²) in [6.07, 6.45) is 1.61. The molecule has 0 bridgehead atoms. The van der Waals surface area contributed by atoms with Crippen molar-refractivity contribution in [1.29, 1.82) is 0 Å². The van der Waals surface area contributed by atoms with Gasteiger partial charge >= 0.3 is 0 Å². The summed E-state index contributed by atoms with van der Waals surface area (Å²) >= 11 is 0. The van der Waals surface area contributed by atoms with Crippen LogP contribution in [0.15, 0.2) is 77.2 Å². The van der Waals surface area contributed by atoms with Crippen LogP contribution in [0, 0.1) is 5.92 Å². The molecule has 32 heavy (non-hydrogen) atoms. The minimum Gasteiger partial charge on any atom is -0.508 e. The molecule has 0 atom stereocenters. The molecule has 0 saturated carbocycles. The summed E-state index contributed by atoms with van der Waals surface area (Å²) in [6, 6.07) is 22.7. The van der Waals surface area contributed by atoms with Crippen LogP contribution in [0.4, 0.5) is 5.69 Å². The highest BCUT2D eigenvalue weighted by atomic mass is 16.3. The van der Waals surface area contributed by atoms with E-state index in [4.69, 9.17) is 4.42 Å². The van der Waals surface area contributed by atoms with Gasteiger partial charge in [-0.3, -0.25) is 9.69 Å². The Morgan fingerprint density at radius 3 is 2.47 bits per heavy atom. The van der Waals surface area contributed by atoms with E-state index in [9.17, 15) is 9.90 Å². The van der Waals surface area contributed by atoms with Gasteiger partial charge in [0, 0.05) is 29.3 Å². The highest BCUT2D eigenvalue weighted by Gasteiger charge is 2.25. The summed E-state index contributed by atoms with van der Waals surface area (Å²) in [4.78, 5) is 19.6. The topological polar surface area (TPSA) is 78.6 Å². The van der Waals surface area contributed by atoms with Crippen molar-refractivity contribution in [2.45, 2.75) is 19.4 Å². The molecule has 5 rings (SSSR count). The van der Waals surface area contributed by atoms with E-state index in [-0.39, 0.29) is 11.8 Å². The number of aromatic nitrogens is 1. The van der Waals surface area contributed by atoms with Crippen LogP contribution in [0.1, 0.15) is 18.4 Å². The van der Waals surface area contributed by atoms with Crippen molar-refractivity contribution in [3.8, 4) is 17.2 Å². The van der Waals surface area contributed by atoms with Gasteiger partial charge in [-0.15, -0.1) is 0 Å². The van der Waals surface area contributed by atoms with Crippen molar-refractivity contribution >= 4 is 22.7 Å². The van der Waals surface area contributed by atoms with Crippen LogP contribution in [-0.2, 0) is 11.3 Å². The minimum atomic E-state index is -0.00710. The van der Waals surface area contributed by atoms with Crippen molar-refractivity contribution in [3.05, 3.63) is 78.4 Å². The average molecular weight is 428 g/mol. The third-order valence-corrected chi connectivity index (χ3v) is 6.04. The SMILES string of the molecule is O=C(Nc1ccc(-c2nc3ccccc3o2)cc1)C1CCN(Cc2ccccc2O)CC1. The van der Waals surface area contributed by atoms with E-state index in [1.165, 1.54) is 0 Å². The summed E-state index contributed by atoms with van der Waals surface area (Å²) in [7, 11) is 0. The van der Waals surface area contributed by atoms with Crippen molar-refractivity contribution in [3.63, 3.8) is 0 Å². The number of hydrogen-bond donors (Lipinski definition) is 2. The molecule has 2 heterocycles. The maximum absolute atomic E-state index is 12.8. The second kappa shape index (κ2) is 8.85. The van der Waals surface area contributed by atoms with Crippen LogP contribution < -0.4 is 5.32 Å². The number of carbonyl (C=O) groups excluding carboxylic acids is 1. The molecule has 1 saturated heterocycles. The second-order valence-corrected chi connectivity index (χ2v) is 8.23. The van der Waals surface area contributed by atoms with Crippen molar-refractivity contribution in [2.75, 3.05) is 18.4 Å². The number of benzene rings is 3. The molecule has 1 aromatic heterocycles. The Kier molecular flexibility index (Phi) is 5.60. The Balaban J connectivity index is 1.16. The lowest BCUT2D eigenvalue weighted by Gasteiger charge is -2.31. The lowest BCUT2D eigenvalue weighted by Crippen LogP contribution is -2.37. The van der Waals surface area contributed by atoms with E-state index >= 15 is 0 Å². The number of oxazole rings is 1. The largest absolute Gasteiger partial charge is 0.508 e. The van der Waals surface area contributed by atoms with Gasteiger partial charge in [0.1, 0.15) is 11.3 Å². The summed E-state index contributed by atoms with van der Waals surface area (Å²) in [5, 5.41) is 13.0. The molecule has 1 amide bonds. The third-order valence-electron chi connectivity index (χ3n) is 6.04. The summed E-state index contributed by atoms with van der Waals surface area (Å²) in [5.74, 6) is 0.948. The van der Waals surface area contributed by atoms with E-state index < -0.39 is 0 Å². The molecule has 0 spiro atoms. The molecule has 6 heteroatoms. The van der Waals surface area contributed by atoms with Crippen molar-refractivity contribution in [1.82, 2.24) is 9.88 Å². The fraction of sp³-hybridized carbons (Fsp3) is 0.231. The van der Waals surface area contributed by atoms with Crippen molar-refractivity contribution in [2.24, 2.45) is 5.92 Å². The van der Waals surface area contributed by atoms with Crippen LogP contribution in [0.5, 0.6) is 5.75 Å². The summed E-state index contributed by atoms with van der Waals surface area (Å²) < 4.78 is 5.81.